The van der Waals surface area contributed by atoms with Gasteiger partial charge in [-0.1, -0.05) is 36.4 Å². The SMILES string of the molecule is COC(=O)[C@H](C)N(C(=O)OC)c1c(C)ccc2ccccc12. The number of carbonyl (C=O) groups is 2. The number of esters is 1. The van der Waals surface area contributed by atoms with Crippen molar-refractivity contribution in [1.82, 2.24) is 0 Å². The summed E-state index contributed by atoms with van der Waals surface area (Å²) in [6.45, 7) is 3.51. The Morgan fingerprint density at radius 2 is 1.73 bits per heavy atom. The molecule has 0 fully saturated rings. The molecule has 0 aliphatic carbocycles. The number of ether oxygens (including phenoxy) is 2. The average molecular weight is 301 g/mol. The van der Waals surface area contributed by atoms with Crippen molar-refractivity contribution in [2.45, 2.75) is 19.9 Å². The van der Waals surface area contributed by atoms with Crippen LogP contribution >= 0.6 is 0 Å². The lowest BCUT2D eigenvalue weighted by atomic mass is 10.0. The zero-order chi connectivity index (χ0) is 16.3. The number of carbonyl (C=O) groups excluding carboxylic acids is 2. The first-order valence-electron chi connectivity index (χ1n) is 6.94. The molecule has 2 rings (SSSR count). The highest BCUT2D eigenvalue weighted by Gasteiger charge is 2.31. The number of rotatable bonds is 3. The van der Waals surface area contributed by atoms with E-state index in [1.807, 2.05) is 43.3 Å². The van der Waals surface area contributed by atoms with Gasteiger partial charge in [0, 0.05) is 5.39 Å². The number of hydrogen-bond donors (Lipinski definition) is 0. The zero-order valence-electron chi connectivity index (χ0n) is 13.1. The Labute approximate surface area is 129 Å². The molecular formula is C17H19NO4. The Morgan fingerprint density at radius 3 is 2.36 bits per heavy atom. The lowest BCUT2D eigenvalue weighted by molar-refractivity contribution is -0.141. The molecule has 22 heavy (non-hydrogen) atoms. The van der Waals surface area contributed by atoms with Crippen molar-refractivity contribution in [3.8, 4) is 0 Å². The molecule has 116 valence electrons. The number of nitrogens with zero attached hydrogens (tertiary/aromatic N) is 1. The molecule has 0 spiro atoms. The van der Waals surface area contributed by atoms with Crippen LogP contribution < -0.4 is 4.90 Å². The molecule has 0 radical (unpaired) electrons. The summed E-state index contributed by atoms with van der Waals surface area (Å²) in [5.74, 6) is -0.502. The van der Waals surface area contributed by atoms with Gasteiger partial charge in [0.15, 0.2) is 0 Å². The van der Waals surface area contributed by atoms with Gasteiger partial charge in [0.25, 0.3) is 0 Å². The summed E-state index contributed by atoms with van der Waals surface area (Å²) in [5, 5.41) is 1.86. The molecule has 0 aliphatic heterocycles. The maximum atomic E-state index is 12.3. The average Bonchev–Trinajstić information content (AvgIpc) is 2.55. The molecule has 0 aromatic heterocycles. The fourth-order valence-electron chi connectivity index (χ4n) is 2.50. The largest absolute Gasteiger partial charge is 0.467 e. The van der Waals surface area contributed by atoms with E-state index in [0.29, 0.717) is 5.69 Å². The predicted octanol–water partition coefficient (Wildman–Crippen LogP) is 3.28. The number of fused-ring (bicyclic) bond motifs is 1. The molecule has 0 bridgehead atoms. The van der Waals surface area contributed by atoms with E-state index in [-0.39, 0.29) is 0 Å². The molecule has 5 heteroatoms. The van der Waals surface area contributed by atoms with Gasteiger partial charge < -0.3 is 9.47 Å². The van der Waals surface area contributed by atoms with Crippen molar-refractivity contribution in [2.75, 3.05) is 19.1 Å². The minimum Gasteiger partial charge on any atom is -0.467 e. The maximum Gasteiger partial charge on any atom is 0.414 e. The van der Waals surface area contributed by atoms with Gasteiger partial charge in [-0.15, -0.1) is 0 Å². The topological polar surface area (TPSA) is 55.8 Å². The van der Waals surface area contributed by atoms with E-state index in [0.717, 1.165) is 16.3 Å². The second kappa shape index (κ2) is 6.47. The van der Waals surface area contributed by atoms with Crippen molar-refractivity contribution < 1.29 is 19.1 Å². The highest BCUT2D eigenvalue weighted by molar-refractivity contribution is 6.05. The molecule has 0 heterocycles. The van der Waals surface area contributed by atoms with Crippen molar-refractivity contribution in [1.29, 1.82) is 0 Å². The summed E-state index contributed by atoms with van der Waals surface area (Å²) < 4.78 is 9.64. The molecule has 5 nitrogen and oxygen atoms in total. The number of anilines is 1. The third-order valence-electron chi connectivity index (χ3n) is 3.64. The van der Waals surface area contributed by atoms with Gasteiger partial charge in [0.05, 0.1) is 19.9 Å². The molecule has 0 N–H and O–H groups in total. The van der Waals surface area contributed by atoms with Gasteiger partial charge in [0.1, 0.15) is 6.04 Å². The summed E-state index contributed by atoms with van der Waals surface area (Å²) in [4.78, 5) is 25.5. The second-order valence-corrected chi connectivity index (χ2v) is 4.99. The Kier molecular flexibility index (Phi) is 4.65. The second-order valence-electron chi connectivity index (χ2n) is 4.99. The number of aryl methyl sites for hydroxylation is 1. The minimum absolute atomic E-state index is 0.502. The number of benzene rings is 2. The third-order valence-corrected chi connectivity index (χ3v) is 3.64. The summed E-state index contributed by atoms with van der Waals surface area (Å²) in [5.41, 5.74) is 1.53. The molecule has 2 aromatic carbocycles. The summed E-state index contributed by atoms with van der Waals surface area (Å²) in [7, 11) is 2.59. The van der Waals surface area contributed by atoms with E-state index in [4.69, 9.17) is 9.47 Å². The molecule has 0 saturated heterocycles. The Balaban J connectivity index is 2.69. The van der Waals surface area contributed by atoms with Crippen LogP contribution in [0.3, 0.4) is 0 Å². The van der Waals surface area contributed by atoms with Crippen LogP contribution in [0.25, 0.3) is 10.8 Å². The molecule has 0 saturated carbocycles. The van der Waals surface area contributed by atoms with Gasteiger partial charge >= 0.3 is 12.1 Å². The first-order chi connectivity index (χ1) is 10.5. The van der Waals surface area contributed by atoms with E-state index >= 15 is 0 Å². The highest BCUT2D eigenvalue weighted by atomic mass is 16.5. The molecule has 0 aliphatic rings. The third kappa shape index (κ3) is 2.74. The van der Waals surface area contributed by atoms with Crippen LogP contribution in [-0.4, -0.2) is 32.3 Å². The molecule has 1 amide bonds. The quantitative estimate of drug-likeness (QED) is 0.816. The van der Waals surface area contributed by atoms with Gasteiger partial charge in [-0.2, -0.15) is 0 Å². The number of hydrogen-bond acceptors (Lipinski definition) is 4. The number of methoxy groups -OCH3 is 2. The Bertz CT molecular complexity index is 711. The van der Waals surface area contributed by atoms with Crippen molar-refractivity contribution in [3.63, 3.8) is 0 Å². The minimum atomic E-state index is -0.790. The molecule has 2 aromatic rings. The van der Waals surface area contributed by atoms with Gasteiger partial charge in [-0.05, 0) is 24.8 Å². The maximum absolute atomic E-state index is 12.3. The van der Waals surface area contributed by atoms with Crippen LogP contribution in [0, 0.1) is 6.92 Å². The van der Waals surface area contributed by atoms with E-state index < -0.39 is 18.1 Å². The lowest BCUT2D eigenvalue weighted by Gasteiger charge is -2.28. The Hall–Kier alpha value is -2.56. The fourth-order valence-corrected chi connectivity index (χ4v) is 2.50. The van der Waals surface area contributed by atoms with Gasteiger partial charge in [-0.25, -0.2) is 9.59 Å². The van der Waals surface area contributed by atoms with Crippen LogP contribution in [-0.2, 0) is 14.3 Å². The van der Waals surface area contributed by atoms with Gasteiger partial charge in [-0.3, -0.25) is 4.90 Å². The summed E-state index contributed by atoms with van der Waals surface area (Å²) >= 11 is 0. The highest BCUT2D eigenvalue weighted by Crippen LogP contribution is 2.32. The molecular weight excluding hydrogens is 282 g/mol. The lowest BCUT2D eigenvalue weighted by Crippen LogP contribution is -2.44. The summed E-state index contributed by atoms with van der Waals surface area (Å²) in [6, 6.07) is 10.8. The van der Waals surface area contributed by atoms with Crippen molar-refractivity contribution in [3.05, 3.63) is 42.0 Å². The zero-order valence-corrected chi connectivity index (χ0v) is 13.1. The van der Waals surface area contributed by atoms with Crippen LogP contribution in [0.2, 0.25) is 0 Å². The van der Waals surface area contributed by atoms with Crippen LogP contribution in [0.1, 0.15) is 12.5 Å². The fraction of sp³-hybridized carbons (Fsp3) is 0.294. The van der Waals surface area contributed by atoms with Crippen molar-refractivity contribution >= 4 is 28.5 Å². The Morgan fingerprint density at radius 1 is 1.05 bits per heavy atom. The van der Waals surface area contributed by atoms with Crippen LogP contribution in [0.4, 0.5) is 10.5 Å². The van der Waals surface area contributed by atoms with E-state index in [1.54, 1.807) is 6.92 Å². The summed E-state index contributed by atoms with van der Waals surface area (Å²) in [6.07, 6.45) is -0.600. The van der Waals surface area contributed by atoms with Crippen LogP contribution in [0.5, 0.6) is 0 Å². The van der Waals surface area contributed by atoms with Gasteiger partial charge in [0.2, 0.25) is 0 Å². The van der Waals surface area contributed by atoms with Crippen molar-refractivity contribution in [2.24, 2.45) is 0 Å². The number of amides is 1. The smallest absolute Gasteiger partial charge is 0.414 e. The molecule has 1 atom stereocenters. The predicted molar refractivity (Wildman–Crippen MR) is 85.0 cm³/mol. The van der Waals surface area contributed by atoms with E-state index in [9.17, 15) is 9.59 Å². The van der Waals surface area contributed by atoms with E-state index in [1.165, 1.54) is 19.1 Å². The molecule has 0 unspecified atom stereocenters. The van der Waals surface area contributed by atoms with E-state index in [2.05, 4.69) is 0 Å². The monoisotopic (exact) mass is 301 g/mol. The first kappa shape index (κ1) is 15.8. The standard InChI is InChI=1S/C17H19NO4/c1-11-9-10-13-7-5-6-8-14(13)15(11)18(17(20)22-4)12(2)16(19)21-3/h5-10,12H,1-4H3/t12-/m0/s1. The normalized spacial score (nSPS) is 11.8. The first-order valence-corrected chi connectivity index (χ1v) is 6.94. The van der Waals surface area contributed by atoms with Crippen LogP contribution in [0.15, 0.2) is 36.4 Å².